The van der Waals surface area contributed by atoms with Crippen LogP contribution in [-0.2, 0) is 0 Å². The molecule has 3 rings (SSSR count). The predicted molar refractivity (Wildman–Crippen MR) is 66.2 cm³/mol. The third kappa shape index (κ3) is 1.48. The topological polar surface area (TPSA) is 21.3 Å². The Bertz CT molecular complexity index is 388. The fraction of sp³-hybridized carbons (Fsp3) is 0.571. The number of rotatable bonds is 1. The van der Waals surface area contributed by atoms with Gasteiger partial charge in [0.2, 0.25) is 0 Å². The zero-order valence-corrected chi connectivity index (χ0v) is 9.83. The van der Waals surface area contributed by atoms with Crippen LogP contribution in [0.4, 0.5) is 5.69 Å². The molecule has 16 heavy (non-hydrogen) atoms. The monoisotopic (exact) mass is 217 g/mol. The normalized spacial score (nSPS) is 27.6. The summed E-state index contributed by atoms with van der Waals surface area (Å²) in [5.41, 5.74) is 2.73. The van der Waals surface area contributed by atoms with Crippen molar-refractivity contribution in [2.24, 2.45) is 0 Å². The Labute approximate surface area is 97.0 Å². The van der Waals surface area contributed by atoms with Gasteiger partial charge in [-0.2, -0.15) is 0 Å². The van der Waals surface area contributed by atoms with Crippen LogP contribution < -0.4 is 10.1 Å². The molecule has 2 aliphatic rings. The maximum absolute atomic E-state index is 5.43. The van der Waals surface area contributed by atoms with E-state index in [4.69, 9.17) is 4.74 Å². The molecule has 0 aromatic heterocycles. The second-order valence-electron chi connectivity index (χ2n) is 4.92. The van der Waals surface area contributed by atoms with Crippen molar-refractivity contribution in [3.05, 3.63) is 23.8 Å². The summed E-state index contributed by atoms with van der Waals surface area (Å²) >= 11 is 0. The summed E-state index contributed by atoms with van der Waals surface area (Å²) in [4.78, 5) is 0. The van der Waals surface area contributed by atoms with Gasteiger partial charge in [0, 0.05) is 12.0 Å². The maximum Gasteiger partial charge on any atom is 0.142 e. The van der Waals surface area contributed by atoms with Gasteiger partial charge in [-0.05, 0) is 24.5 Å². The maximum atomic E-state index is 5.43. The molecule has 0 amide bonds. The first kappa shape index (κ1) is 10.0. The number of anilines is 1. The number of para-hydroxylation sites is 1. The molecule has 2 heteroatoms. The van der Waals surface area contributed by atoms with Crippen LogP contribution in [0.1, 0.15) is 43.6 Å². The SMILES string of the molecule is COc1cccc2c1NC1CCCCCC21. The largest absolute Gasteiger partial charge is 0.495 e. The Hall–Kier alpha value is -1.18. The van der Waals surface area contributed by atoms with E-state index in [0.29, 0.717) is 12.0 Å². The highest BCUT2D eigenvalue weighted by Crippen LogP contribution is 2.46. The van der Waals surface area contributed by atoms with Crippen LogP contribution in [0, 0.1) is 0 Å². The molecule has 0 bridgehead atoms. The van der Waals surface area contributed by atoms with Gasteiger partial charge in [-0.25, -0.2) is 0 Å². The van der Waals surface area contributed by atoms with Crippen molar-refractivity contribution in [1.29, 1.82) is 0 Å². The Morgan fingerprint density at radius 2 is 2.06 bits per heavy atom. The number of nitrogens with one attached hydrogen (secondary N) is 1. The third-order valence-electron chi connectivity index (χ3n) is 4.02. The van der Waals surface area contributed by atoms with Gasteiger partial charge in [0.05, 0.1) is 12.8 Å². The summed E-state index contributed by atoms with van der Waals surface area (Å²) in [5, 5.41) is 3.67. The van der Waals surface area contributed by atoms with E-state index in [1.807, 2.05) is 0 Å². The first-order valence-corrected chi connectivity index (χ1v) is 6.33. The van der Waals surface area contributed by atoms with Gasteiger partial charge in [-0.3, -0.25) is 0 Å². The van der Waals surface area contributed by atoms with Crippen molar-refractivity contribution >= 4 is 5.69 Å². The molecule has 1 saturated carbocycles. The zero-order chi connectivity index (χ0) is 11.0. The summed E-state index contributed by atoms with van der Waals surface area (Å²) in [5.74, 6) is 1.72. The third-order valence-corrected chi connectivity index (χ3v) is 4.02. The standard InChI is InChI=1S/C14H19NO/c1-16-13-9-5-7-11-10-6-3-2-4-8-12(10)15-14(11)13/h5,7,9-10,12,15H,2-4,6,8H2,1H3. The molecule has 1 aliphatic carbocycles. The van der Waals surface area contributed by atoms with E-state index >= 15 is 0 Å². The lowest BCUT2D eigenvalue weighted by molar-refractivity contribution is 0.416. The summed E-state index contributed by atoms with van der Waals surface area (Å²) in [6.07, 6.45) is 6.78. The first-order valence-electron chi connectivity index (χ1n) is 6.33. The average Bonchev–Trinajstić information content (AvgIpc) is 2.52. The van der Waals surface area contributed by atoms with Crippen molar-refractivity contribution < 1.29 is 4.74 Å². The second kappa shape index (κ2) is 4.00. The summed E-state index contributed by atoms with van der Waals surface area (Å²) < 4.78 is 5.43. The highest BCUT2D eigenvalue weighted by atomic mass is 16.5. The van der Waals surface area contributed by atoms with Crippen LogP contribution in [-0.4, -0.2) is 13.2 Å². The van der Waals surface area contributed by atoms with Gasteiger partial charge in [-0.15, -0.1) is 0 Å². The molecule has 1 N–H and O–H groups in total. The minimum absolute atomic E-state index is 0.647. The molecule has 2 unspecified atom stereocenters. The number of hydrogen-bond acceptors (Lipinski definition) is 2. The zero-order valence-electron chi connectivity index (χ0n) is 9.83. The molecule has 1 fully saturated rings. The van der Waals surface area contributed by atoms with Crippen LogP contribution in [0.15, 0.2) is 18.2 Å². The summed E-state index contributed by atoms with van der Waals surface area (Å²) in [6.45, 7) is 0. The van der Waals surface area contributed by atoms with E-state index in [2.05, 4.69) is 23.5 Å². The van der Waals surface area contributed by atoms with E-state index in [9.17, 15) is 0 Å². The van der Waals surface area contributed by atoms with E-state index in [-0.39, 0.29) is 0 Å². The van der Waals surface area contributed by atoms with Crippen LogP contribution in [0.5, 0.6) is 5.75 Å². The van der Waals surface area contributed by atoms with E-state index < -0.39 is 0 Å². The van der Waals surface area contributed by atoms with Crippen molar-refractivity contribution in [3.63, 3.8) is 0 Å². The molecule has 2 nitrogen and oxygen atoms in total. The highest BCUT2D eigenvalue weighted by molar-refractivity contribution is 5.68. The fourth-order valence-corrected chi connectivity index (χ4v) is 3.22. The predicted octanol–water partition coefficient (Wildman–Crippen LogP) is 3.54. The van der Waals surface area contributed by atoms with E-state index in [1.54, 1.807) is 7.11 Å². The molecule has 0 spiro atoms. The second-order valence-corrected chi connectivity index (χ2v) is 4.92. The fourth-order valence-electron chi connectivity index (χ4n) is 3.22. The molecule has 0 radical (unpaired) electrons. The van der Waals surface area contributed by atoms with Crippen LogP contribution in [0.2, 0.25) is 0 Å². The molecular formula is C14H19NO. The summed E-state index contributed by atoms with van der Waals surface area (Å²) in [6, 6.07) is 7.08. The number of fused-ring (bicyclic) bond motifs is 3. The summed E-state index contributed by atoms with van der Waals surface area (Å²) in [7, 11) is 1.76. The molecule has 1 aliphatic heterocycles. The van der Waals surface area contributed by atoms with Gasteiger partial charge in [0.15, 0.2) is 0 Å². The molecule has 0 saturated heterocycles. The van der Waals surface area contributed by atoms with Gasteiger partial charge in [0.1, 0.15) is 5.75 Å². The Kier molecular flexibility index (Phi) is 2.50. The van der Waals surface area contributed by atoms with Crippen molar-refractivity contribution in [2.45, 2.75) is 44.1 Å². The molecule has 1 aromatic rings. The number of ether oxygens (including phenoxy) is 1. The minimum Gasteiger partial charge on any atom is -0.495 e. The van der Waals surface area contributed by atoms with Crippen LogP contribution in [0.3, 0.4) is 0 Å². The molecular weight excluding hydrogens is 198 g/mol. The minimum atomic E-state index is 0.647. The number of methoxy groups -OCH3 is 1. The van der Waals surface area contributed by atoms with E-state index in [0.717, 1.165) is 5.75 Å². The average molecular weight is 217 g/mol. The quantitative estimate of drug-likeness (QED) is 0.777. The number of benzene rings is 1. The Morgan fingerprint density at radius 3 is 2.94 bits per heavy atom. The van der Waals surface area contributed by atoms with Crippen molar-refractivity contribution in [3.8, 4) is 5.75 Å². The Balaban J connectivity index is 1.99. The van der Waals surface area contributed by atoms with Gasteiger partial charge >= 0.3 is 0 Å². The van der Waals surface area contributed by atoms with Crippen LogP contribution >= 0.6 is 0 Å². The number of hydrogen-bond donors (Lipinski definition) is 1. The smallest absolute Gasteiger partial charge is 0.142 e. The molecule has 86 valence electrons. The van der Waals surface area contributed by atoms with Gasteiger partial charge < -0.3 is 10.1 Å². The Morgan fingerprint density at radius 1 is 1.19 bits per heavy atom. The highest BCUT2D eigenvalue weighted by Gasteiger charge is 2.34. The lowest BCUT2D eigenvalue weighted by Crippen LogP contribution is -2.18. The first-order chi connectivity index (χ1) is 7.90. The lowest BCUT2D eigenvalue weighted by Gasteiger charge is -2.16. The van der Waals surface area contributed by atoms with Gasteiger partial charge in [-0.1, -0.05) is 31.4 Å². The van der Waals surface area contributed by atoms with Crippen LogP contribution in [0.25, 0.3) is 0 Å². The van der Waals surface area contributed by atoms with Crippen molar-refractivity contribution in [2.75, 3.05) is 12.4 Å². The molecule has 2 atom stereocenters. The van der Waals surface area contributed by atoms with E-state index in [1.165, 1.54) is 43.4 Å². The molecule has 1 aromatic carbocycles. The lowest BCUT2D eigenvalue weighted by atomic mass is 9.91. The van der Waals surface area contributed by atoms with Gasteiger partial charge in [0.25, 0.3) is 0 Å². The van der Waals surface area contributed by atoms with Crippen molar-refractivity contribution in [1.82, 2.24) is 0 Å². The molecule has 1 heterocycles.